The Kier molecular flexibility index (Phi) is 5.18. The van der Waals surface area contributed by atoms with Crippen LogP contribution in [0.1, 0.15) is 6.92 Å². The van der Waals surface area contributed by atoms with Crippen LogP contribution in [0, 0.1) is 0 Å². The van der Waals surface area contributed by atoms with Gasteiger partial charge < -0.3 is 14.5 Å². The SMILES string of the molecule is CC(Oc1ccccc1)C(=O)N1CCN(c2cc(-n3ccnc3)ncn2)CC1. The molecular weight excluding hydrogens is 356 g/mol. The average molecular weight is 378 g/mol. The largest absolute Gasteiger partial charge is 0.481 e. The van der Waals surface area contributed by atoms with Crippen LogP contribution in [0.15, 0.2) is 61.4 Å². The topological polar surface area (TPSA) is 76.4 Å². The lowest BCUT2D eigenvalue weighted by Crippen LogP contribution is -2.52. The highest BCUT2D eigenvalue weighted by Crippen LogP contribution is 2.17. The van der Waals surface area contributed by atoms with Crippen molar-refractivity contribution in [1.29, 1.82) is 0 Å². The first-order chi connectivity index (χ1) is 13.7. The molecule has 0 saturated carbocycles. The molecule has 0 bridgehead atoms. The van der Waals surface area contributed by atoms with Crippen LogP contribution in [-0.4, -0.2) is 62.6 Å². The maximum atomic E-state index is 12.7. The predicted molar refractivity (Wildman–Crippen MR) is 104 cm³/mol. The quantitative estimate of drug-likeness (QED) is 0.674. The minimum absolute atomic E-state index is 0.00490. The zero-order chi connectivity index (χ0) is 19.3. The fourth-order valence-corrected chi connectivity index (χ4v) is 3.21. The van der Waals surface area contributed by atoms with Crippen molar-refractivity contribution in [2.24, 2.45) is 0 Å². The summed E-state index contributed by atoms with van der Waals surface area (Å²) in [6.07, 6.45) is 6.30. The molecule has 1 atom stereocenters. The molecule has 0 aliphatic carbocycles. The van der Waals surface area contributed by atoms with Gasteiger partial charge in [-0.15, -0.1) is 0 Å². The summed E-state index contributed by atoms with van der Waals surface area (Å²) in [6, 6.07) is 11.4. The van der Waals surface area contributed by atoms with Crippen LogP contribution < -0.4 is 9.64 Å². The zero-order valence-electron chi connectivity index (χ0n) is 15.7. The third kappa shape index (κ3) is 3.95. The Balaban J connectivity index is 1.35. The Hall–Kier alpha value is -3.42. The van der Waals surface area contributed by atoms with Gasteiger partial charge in [-0.1, -0.05) is 18.2 Å². The maximum absolute atomic E-state index is 12.7. The van der Waals surface area contributed by atoms with Gasteiger partial charge in [-0.25, -0.2) is 15.0 Å². The number of piperazine rings is 1. The summed E-state index contributed by atoms with van der Waals surface area (Å²) in [5, 5.41) is 0. The van der Waals surface area contributed by atoms with E-state index >= 15 is 0 Å². The van der Waals surface area contributed by atoms with E-state index in [0.717, 1.165) is 11.6 Å². The average Bonchev–Trinajstić information content (AvgIpc) is 3.29. The first-order valence-electron chi connectivity index (χ1n) is 9.26. The minimum atomic E-state index is -0.513. The molecule has 8 heteroatoms. The van der Waals surface area contributed by atoms with Crippen LogP contribution in [0.5, 0.6) is 5.75 Å². The molecule has 1 amide bonds. The Labute approximate surface area is 163 Å². The molecule has 1 aliphatic heterocycles. The predicted octanol–water partition coefficient (Wildman–Crippen LogP) is 1.78. The van der Waals surface area contributed by atoms with Gasteiger partial charge in [0.25, 0.3) is 5.91 Å². The monoisotopic (exact) mass is 378 g/mol. The molecule has 1 aliphatic rings. The zero-order valence-corrected chi connectivity index (χ0v) is 15.7. The van der Waals surface area contributed by atoms with Gasteiger partial charge in [0, 0.05) is 44.6 Å². The fraction of sp³-hybridized carbons (Fsp3) is 0.300. The number of benzene rings is 1. The van der Waals surface area contributed by atoms with E-state index in [1.165, 1.54) is 0 Å². The Morgan fingerprint density at radius 1 is 1.07 bits per heavy atom. The number of rotatable bonds is 5. The molecule has 8 nitrogen and oxygen atoms in total. The van der Waals surface area contributed by atoms with E-state index in [0.29, 0.717) is 31.9 Å². The summed E-state index contributed by atoms with van der Waals surface area (Å²) in [5.74, 6) is 2.32. The Morgan fingerprint density at radius 2 is 1.82 bits per heavy atom. The number of hydrogen-bond acceptors (Lipinski definition) is 6. The molecule has 1 saturated heterocycles. The van der Waals surface area contributed by atoms with E-state index < -0.39 is 6.10 Å². The van der Waals surface area contributed by atoms with Crippen LogP contribution in [0.25, 0.3) is 5.82 Å². The minimum Gasteiger partial charge on any atom is -0.481 e. The number of carbonyl (C=O) groups is 1. The van der Waals surface area contributed by atoms with E-state index in [4.69, 9.17) is 4.74 Å². The summed E-state index contributed by atoms with van der Waals surface area (Å²) in [6.45, 7) is 4.48. The molecular formula is C20H22N6O2. The fourth-order valence-electron chi connectivity index (χ4n) is 3.21. The summed E-state index contributed by atoms with van der Waals surface area (Å²) >= 11 is 0. The molecule has 0 N–H and O–H groups in total. The number of imidazole rings is 1. The van der Waals surface area contributed by atoms with Gasteiger partial charge in [0.2, 0.25) is 0 Å². The number of para-hydroxylation sites is 1. The number of nitrogens with zero attached hydrogens (tertiary/aromatic N) is 6. The van der Waals surface area contributed by atoms with Crippen LogP contribution in [0.3, 0.4) is 0 Å². The van der Waals surface area contributed by atoms with Crippen LogP contribution in [0.2, 0.25) is 0 Å². The highest BCUT2D eigenvalue weighted by molar-refractivity contribution is 5.81. The van der Waals surface area contributed by atoms with E-state index in [-0.39, 0.29) is 5.91 Å². The second-order valence-electron chi connectivity index (χ2n) is 6.59. The Bertz CT molecular complexity index is 907. The molecule has 144 valence electrons. The standard InChI is InChI=1S/C20H22N6O2/c1-16(28-17-5-3-2-4-6-17)20(27)25-11-9-24(10-12-25)18-13-19(23-14-22-18)26-8-7-21-15-26/h2-8,13-16H,9-12H2,1H3. The molecule has 1 aromatic carbocycles. The second-order valence-corrected chi connectivity index (χ2v) is 6.59. The van der Waals surface area contributed by atoms with Crippen LogP contribution in [-0.2, 0) is 4.79 Å². The normalized spacial score (nSPS) is 15.3. The third-order valence-corrected chi connectivity index (χ3v) is 4.73. The molecule has 28 heavy (non-hydrogen) atoms. The van der Waals surface area contributed by atoms with Gasteiger partial charge in [-0.2, -0.15) is 0 Å². The lowest BCUT2D eigenvalue weighted by atomic mass is 10.2. The summed E-state index contributed by atoms with van der Waals surface area (Å²) in [4.78, 5) is 29.4. The van der Waals surface area contributed by atoms with Crippen molar-refractivity contribution in [1.82, 2.24) is 24.4 Å². The van der Waals surface area contributed by atoms with Crippen molar-refractivity contribution in [3.05, 3.63) is 61.4 Å². The van der Waals surface area contributed by atoms with Crippen molar-refractivity contribution in [2.45, 2.75) is 13.0 Å². The van der Waals surface area contributed by atoms with Gasteiger partial charge in [0.15, 0.2) is 6.10 Å². The number of aromatic nitrogens is 4. The van der Waals surface area contributed by atoms with Crippen LogP contribution in [0.4, 0.5) is 5.82 Å². The number of anilines is 1. The van der Waals surface area contributed by atoms with Crippen molar-refractivity contribution in [3.8, 4) is 11.6 Å². The van der Waals surface area contributed by atoms with Gasteiger partial charge >= 0.3 is 0 Å². The maximum Gasteiger partial charge on any atom is 0.263 e. The van der Waals surface area contributed by atoms with E-state index in [2.05, 4.69) is 19.9 Å². The van der Waals surface area contributed by atoms with E-state index in [1.807, 2.05) is 52.1 Å². The second kappa shape index (κ2) is 8.08. The third-order valence-electron chi connectivity index (χ3n) is 4.73. The van der Waals surface area contributed by atoms with Gasteiger partial charge in [0.1, 0.15) is 30.0 Å². The summed E-state index contributed by atoms with van der Waals surface area (Å²) in [5.41, 5.74) is 0. The highest BCUT2D eigenvalue weighted by atomic mass is 16.5. The highest BCUT2D eigenvalue weighted by Gasteiger charge is 2.26. The van der Waals surface area contributed by atoms with Crippen molar-refractivity contribution in [3.63, 3.8) is 0 Å². The lowest BCUT2D eigenvalue weighted by molar-refractivity contribution is -0.138. The van der Waals surface area contributed by atoms with Gasteiger partial charge in [-0.3, -0.25) is 9.36 Å². The van der Waals surface area contributed by atoms with Gasteiger partial charge in [0.05, 0.1) is 0 Å². The van der Waals surface area contributed by atoms with Crippen molar-refractivity contribution in [2.75, 3.05) is 31.1 Å². The number of hydrogen-bond donors (Lipinski definition) is 0. The molecule has 0 radical (unpaired) electrons. The first kappa shape index (κ1) is 18.0. The number of amides is 1. The molecule has 1 unspecified atom stereocenters. The molecule has 3 heterocycles. The number of carbonyl (C=O) groups excluding carboxylic acids is 1. The molecule has 0 spiro atoms. The molecule has 4 rings (SSSR count). The van der Waals surface area contributed by atoms with Gasteiger partial charge in [-0.05, 0) is 19.1 Å². The summed E-state index contributed by atoms with van der Waals surface area (Å²) < 4.78 is 7.60. The molecule has 3 aromatic rings. The molecule has 2 aromatic heterocycles. The van der Waals surface area contributed by atoms with E-state index in [1.54, 1.807) is 25.8 Å². The number of ether oxygens (including phenoxy) is 1. The smallest absolute Gasteiger partial charge is 0.263 e. The summed E-state index contributed by atoms with van der Waals surface area (Å²) in [7, 11) is 0. The van der Waals surface area contributed by atoms with Crippen molar-refractivity contribution < 1.29 is 9.53 Å². The Morgan fingerprint density at radius 3 is 2.54 bits per heavy atom. The first-order valence-corrected chi connectivity index (χ1v) is 9.26. The lowest BCUT2D eigenvalue weighted by Gasteiger charge is -2.36. The van der Waals surface area contributed by atoms with Crippen LogP contribution >= 0.6 is 0 Å². The van der Waals surface area contributed by atoms with E-state index in [9.17, 15) is 4.79 Å². The van der Waals surface area contributed by atoms with Crippen molar-refractivity contribution >= 4 is 11.7 Å². The molecule has 1 fully saturated rings.